The highest BCUT2D eigenvalue weighted by Gasteiger charge is 2.24. The summed E-state index contributed by atoms with van der Waals surface area (Å²) in [5, 5.41) is 0. The third-order valence-corrected chi connectivity index (χ3v) is 9.22. The predicted molar refractivity (Wildman–Crippen MR) is 201 cm³/mol. The van der Waals surface area contributed by atoms with Gasteiger partial charge in [-0.2, -0.15) is 0 Å². The second-order valence-electron chi connectivity index (χ2n) is 12.6. The molecule has 3 unspecified atom stereocenters. The molecule has 0 aromatic heterocycles. The Kier molecular flexibility index (Phi) is 11.9. The summed E-state index contributed by atoms with van der Waals surface area (Å²) >= 11 is 0. The van der Waals surface area contributed by atoms with Crippen LogP contribution in [0.1, 0.15) is 82.9 Å². The van der Waals surface area contributed by atoms with E-state index in [1.807, 2.05) is 31.2 Å². The second-order valence-corrected chi connectivity index (χ2v) is 12.6. The van der Waals surface area contributed by atoms with Crippen LogP contribution in [0.25, 0.3) is 12.2 Å². The lowest BCUT2D eigenvalue weighted by molar-refractivity contribution is -0.156. The van der Waals surface area contributed by atoms with Crippen molar-refractivity contribution in [1.29, 1.82) is 0 Å². The number of fused-ring (bicyclic) bond motifs is 2. The number of rotatable bonds is 15. The van der Waals surface area contributed by atoms with Crippen molar-refractivity contribution in [3.63, 3.8) is 0 Å². The first-order chi connectivity index (χ1) is 24.5. The molecular formula is C45H46O5. The molecule has 1 aliphatic rings. The first kappa shape index (κ1) is 34.9. The van der Waals surface area contributed by atoms with Crippen molar-refractivity contribution in [3.8, 4) is 5.75 Å². The number of ether oxygens (including phenoxy) is 4. The first-order valence-electron chi connectivity index (χ1n) is 17.7. The van der Waals surface area contributed by atoms with E-state index in [1.54, 1.807) is 6.92 Å². The smallest absolute Gasteiger partial charge is 0.335 e. The Morgan fingerprint density at radius 3 is 2.02 bits per heavy atom. The summed E-state index contributed by atoms with van der Waals surface area (Å²) in [4.78, 5) is 12.3. The van der Waals surface area contributed by atoms with Crippen LogP contribution in [0.2, 0.25) is 0 Å². The van der Waals surface area contributed by atoms with E-state index in [9.17, 15) is 4.79 Å². The Bertz CT molecular complexity index is 1860. The minimum atomic E-state index is -0.619. The molecule has 0 N–H and O–H groups in total. The van der Waals surface area contributed by atoms with Crippen LogP contribution in [0.15, 0.2) is 121 Å². The summed E-state index contributed by atoms with van der Waals surface area (Å²) < 4.78 is 23.6. The molecule has 0 aliphatic heterocycles. The largest absolute Gasteiger partial charge is 0.491 e. The highest BCUT2D eigenvalue weighted by Crippen LogP contribution is 2.38. The van der Waals surface area contributed by atoms with Crippen molar-refractivity contribution in [2.24, 2.45) is 0 Å². The predicted octanol–water partition coefficient (Wildman–Crippen LogP) is 9.61. The average Bonchev–Trinajstić information content (AvgIpc) is 3.30. The zero-order chi connectivity index (χ0) is 34.7. The highest BCUT2D eigenvalue weighted by atomic mass is 16.6. The van der Waals surface area contributed by atoms with Crippen LogP contribution in [0.3, 0.4) is 0 Å². The second kappa shape index (κ2) is 17.1. The van der Waals surface area contributed by atoms with E-state index in [1.165, 1.54) is 33.4 Å². The van der Waals surface area contributed by atoms with Crippen LogP contribution in [0.4, 0.5) is 0 Å². The fraction of sp³-hybridized carbons (Fsp3) is 0.267. The number of hydrogen-bond donors (Lipinski definition) is 0. The van der Waals surface area contributed by atoms with Crippen molar-refractivity contribution in [2.75, 3.05) is 26.4 Å². The Hall–Kier alpha value is -4.97. The number of esters is 1. The average molecular weight is 667 g/mol. The van der Waals surface area contributed by atoms with Crippen molar-refractivity contribution >= 4 is 18.1 Å². The van der Waals surface area contributed by atoms with E-state index in [2.05, 4.69) is 116 Å². The lowest BCUT2D eigenvalue weighted by atomic mass is 9.88. The van der Waals surface area contributed by atoms with Crippen LogP contribution in [-0.4, -0.2) is 38.5 Å². The van der Waals surface area contributed by atoms with Crippen molar-refractivity contribution in [1.82, 2.24) is 0 Å². The summed E-state index contributed by atoms with van der Waals surface area (Å²) in [5.74, 6) is 0.681. The molecule has 1 aliphatic carbocycles. The third kappa shape index (κ3) is 8.78. The Labute approximate surface area is 296 Å². The summed E-state index contributed by atoms with van der Waals surface area (Å²) in [5.41, 5.74) is 10.7. The lowest BCUT2D eigenvalue weighted by Crippen LogP contribution is -2.28. The van der Waals surface area contributed by atoms with Gasteiger partial charge in [0.2, 0.25) is 0 Å². The van der Waals surface area contributed by atoms with Crippen LogP contribution in [0, 0.1) is 0 Å². The number of carbonyl (C=O) groups excluding carboxylic acids is 1. The molecule has 0 saturated heterocycles. The molecular weight excluding hydrogens is 620 g/mol. The number of carbonyl (C=O) groups is 1. The fourth-order valence-electron chi connectivity index (χ4n) is 6.56. The summed E-state index contributed by atoms with van der Waals surface area (Å²) in [7, 11) is 0. The Balaban J connectivity index is 1.18. The molecule has 0 heterocycles. The minimum absolute atomic E-state index is 0.244. The van der Waals surface area contributed by atoms with E-state index >= 15 is 0 Å². The SMILES string of the molecule is CCOC(=O)C(Cc1ccc(OCCOC2c3ccc(Cc4ccccc4)cc3C=Cc3cc(C(C)c4ccccc4)ccc32)cc1)OCC. The van der Waals surface area contributed by atoms with Gasteiger partial charge in [-0.1, -0.05) is 128 Å². The molecule has 0 bridgehead atoms. The lowest BCUT2D eigenvalue weighted by Gasteiger charge is -2.23. The molecule has 0 spiro atoms. The molecule has 0 fully saturated rings. The molecule has 5 aromatic rings. The van der Waals surface area contributed by atoms with Crippen LogP contribution < -0.4 is 4.74 Å². The van der Waals surface area contributed by atoms with Gasteiger partial charge in [0.25, 0.3) is 0 Å². The van der Waals surface area contributed by atoms with Gasteiger partial charge in [0.05, 0.1) is 13.2 Å². The van der Waals surface area contributed by atoms with Gasteiger partial charge in [-0.25, -0.2) is 4.79 Å². The van der Waals surface area contributed by atoms with Gasteiger partial charge in [-0.05, 0) is 82.5 Å². The molecule has 5 aromatic carbocycles. The maximum Gasteiger partial charge on any atom is 0.335 e. The maximum absolute atomic E-state index is 12.3. The Morgan fingerprint density at radius 2 is 1.32 bits per heavy atom. The normalized spacial score (nSPS) is 14.6. The van der Waals surface area contributed by atoms with Crippen molar-refractivity contribution < 1.29 is 23.7 Å². The molecule has 5 nitrogen and oxygen atoms in total. The van der Waals surface area contributed by atoms with Gasteiger partial charge >= 0.3 is 5.97 Å². The molecule has 0 saturated carbocycles. The monoisotopic (exact) mass is 666 g/mol. The topological polar surface area (TPSA) is 54.0 Å². The highest BCUT2D eigenvalue weighted by molar-refractivity contribution is 5.77. The van der Waals surface area contributed by atoms with Gasteiger partial charge < -0.3 is 18.9 Å². The first-order valence-corrected chi connectivity index (χ1v) is 17.7. The van der Waals surface area contributed by atoms with E-state index in [0.717, 1.165) is 28.9 Å². The molecule has 6 rings (SSSR count). The molecule has 256 valence electrons. The van der Waals surface area contributed by atoms with E-state index in [4.69, 9.17) is 18.9 Å². The molecule has 50 heavy (non-hydrogen) atoms. The zero-order valence-corrected chi connectivity index (χ0v) is 29.2. The van der Waals surface area contributed by atoms with Crippen LogP contribution >= 0.6 is 0 Å². The molecule has 3 atom stereocenters. The van der Waals surface area contributed by atoms with Gasteiger partial charge in [-0.3, -0.25) is 0 Å². The van der Waals surface area contributed by atoms with Gasteiger partial charge in [0, 0.05) is 18.9 Å². The summed E-state index contributed by atoms with van der Waals surface area (Å²) in [6.45, 7) is 7.52. The molecule has 0 amide bonds. The minimum Gasteiger partial charge on any atom is -0.491 e. The molecule has 5 heteroatoms. The van der Waals surface area contributed by atoms with Crippen LogP contribution in [-0.2, 0) is 31.8 Å². The van der Waals surface area contributed by atoms with E-state index in [0.29, 0.717) is 32.8 Å². The van der Waals surface area contributed by atoms with Gasteiger partial charge in [0.1, 0.15) is 18.5 Å². The van der Waals surface area contributed by atoms with E-state index in [-0.39, 0.29) is 18.0 Å². The summed E-state index contributed by atoms with van der Waals surface area (Å²) in [6.07, 6.45) is 4.93. The fourth-order valence-corrected chi connectivity index (χ4v) is 6.56. The summed E-state index contributed by atoms with van der Waals surface area (Å²) in [6, 6.07) is 42.5. The Morgan fingerprint density at radius 1 is 0.660 bits per heavy atom. The van der Waals surface area contributed by atoms with E-state index < -0.39 is 6.10 Å². The number of hydrogen-bond acceptors (Lipinski definition) is 5. The molecule has 0 radical (unpaired) electrons. The maximum atomic E-state index is 12.3. The standard InChI is InChI=1S/C45H46O5/c1-4-47-43(45(46)48-5-2)30-34-16-22-40(23-17-34)49-26-27-50-44-41-24-18-35(28-33-12-8-6-9-13-33)29-38(41)19-20-39-31-37(21-25-42(39)44)32(3)36-14-10-7-11-15-36/h6-25,29,31-32,43-44H,4-5,26-28,30H2,1-3H3. The van der Waals surface area contributed by atoms with Crippen LogP contribution in [0.5, 0.6) is 5.75 Å². The quantitative estimate of drug-likeness (QED) is 0.0823. The third-order valence-electron chi connectivity index (χ3n) is 9.22. The van der Waals surface area contributed by atoms with Crippen molar-refractivity contribution in [3.05, 3.63) is 171 Å². The number of benzene rings is 5. The van der Waals surface area contributed by atoms with Gasteiger partial charge in [-0.15, -0.1) is 0 Å². The zero-order valence-electron chi connectivity index (χ0n) is 29.2. The van der Waals surface area contributed by atoms with Crippen molar-refractivity contribution in [2.45, 2.75) is 51.7 Å². The van der Waals surface area contributed by atoms with Gasteiger partial charge in [0.15, 0.2) is 6.10 Å².